The molecule has 2 heterocycles. The summed E-state index contributed by atoms with van der Waals surface area (Å²) in [5, 5.41) is 0. The van der Waals surface area contributed by atoms with E-state index >= 15 is 0 Å². The van der Waals surface area contributed by atoms with Crippen LogP contribution in [0.1, 0.15) is 32.2 Å². The van der Waals surface area contributed by atoms with Crippen molar-refractivity contribution < 1.29 is 18.7 Å². The minimum Gasteiger partial charge on any atom is -0.451 e. The van der Waals surface area contributed by atoms with Crippen LogP contribution in [-0.2, 0) is 11.3 Å². The smallest absolute Gasteiger partial charge is 0.348 e. The van der Waals surface area contributed by atoms with Crippen molar-refractivity contribution in [3.63, 3.8) is 0 Å². The predicted molar refractivity (Wildman–Crippen MR) is 85.4 cm³/mol. The van der Waals surface area contributed by atoms with Gasteiger partial charge in [0.15, 0.2) is 18.2 Å². The maximum absolute atomic E-state index is 11.9. The summed E-state index contributed by atoms with van der Waals surface area (Å²) in [6, 6.07) is 12.7. The van der Waals surface area contributed by atoms with Crippen LogP contribution in [0.2, 0.25) is 0 Å². The van der Waals surface area contributed by atoms with Crippen molar-refractivity contribution in [1.29, 1.82) is 0 Å². The number of carbonyl (C=O) groups is 2. The highest BCUT2D eigenvalue weighted by Gasteiger charge is 2.14. The lowest BCUT2D eigenvalue weighted by Gasteiger charge is -1.99. The number of nitrogens with zero attached hydrogens (tertiary/aromatic N) is 1. The number of carbonyl (C=O) groups excluding carboxylic acids is 2. The second-order valence-electron chi connectivity index (χ2n) is 4.78. The molecule has 0 N–H and O–H groups in total. The number of hydrogen-bond acceptors (Lipinski definition) is 6. The van der Waals surface area contributed by atoms with Crippen LogP contribution in [0.25, 0.3) is 11.3 Å². The summed E-state index contributed by atoms with van der Waals surface area (Å²) in [5.74, 6) is 0.364. The largest absolute Gasteiger partial charge is 0.451 e. The van der Waals surface area contributed by atoms with Gasteiger partial charge in [0, 0.05) is 5.56 Å². The van der Waals surface area contributed by atoms with E-state index in [0.717, 1.165) is 16.9 Å². The van der Waals surface area contributed by atoms with Crippen LogP contribution in [0.3, 0.4) is 0 Å². The number of benzene rings is 1. The van der Waals surface area contributed by atoms with E-state index in [2.05, 4.69) is 4.98 Å². The molecule has 6 heteroatoms. The molecule has 0 saturated carbocycles. The summed E-state index contributed by atoms with van der Waals surface area (Å²) in [7, 11) is 0. The summed E-state index contributed by atoms with van der Waals surface area (Å²) >= 11 is 1.11. The normalized spacial score (nSPS) is 10.5. The van der Waals surface area contributed by atoms with Crippen molar-refractivity contribution in [3.05, 3.63) is 64.3 Å². The molecule has 0 saturated heterocycles. The van der Waals surface area contributed by atoms with Crippen molar-refractivity contribution in [1.82, 2.24) is 4.98 Å². The van der Waals surface area contributed by atoms with Crippen LogP contribution in [0, 0.1) is 0 Å². The lowest BCUT2D eigenvalue weighted by molar-refractivity contribution is 0.0444. The molecule has 0 fully saturated rings. The molecule has 3 rings (SSSR count). The molecule has 0 bridgehead atoms. The molecule has 0 amide bonds. The van der Waals surface area contributed by atoms with E-state index in [0.29, 0.717) is 21.4 Å². The SMILES string of the molecule is CC(=O)c1ccc(C(=O)OCc2ncc(-c3ccccc3)o2)s1. The van der Waals surface area contributed by atoms with E-state index in [4.69, 9.17) is 9.15 Å². The summed E-state index contributed by atoms with van der Waals surface area (Å²) in [6.07, 6.45) is 1.59. The first-order valence-corrected chi connectivity index (χ1v) is 7.73. The Bertz CT molecular complexity index is 835. The van der Waals surface area contributed by atoms with E-state index in [9.17, 15) is 9.59 Å². The van der Waals surface area contributed by atoms with E-state index in [1.807, 2.05) is 30.3 Å². The van der Waals surface area contributed by atoms with E-state index in [1.165, 1.54) is 6.92 Å². The number of aromatic nitrogens is 1. The van der Waals surface area contributed by atoms with Crippen molar-refractivity contribution in [3.8, 4) is 11.3 Å². The van der Waals surface area contributed by atoms with Crippen LogP contribution in [0.5, 0.6) is 0 Å². The highest BCUT2D eigenvalue weighted by molar-refractivity contribution is 7.15. The Hall–Kier alpha value is -2.73. The number of thiophene rings is 1. The molecule has 5 nitrogen and oxygen atoms in total. The molecule has 0 aliphatic rings. The highest BCUT2D eigenvalue weighted by Crippen LogP contribution is 2.21. The molecule has 0 radical (unpaired) electrons. The zero-order valence-corrected chi connectivity index (χ0v) is 13.1. The topological polar surface area (TPSA) is 69.4 Å². The van der Waals surface area contributed by atoms with Gasteiger partial charge in [-0.2, -0.15) is 0 Å². The van der Waals surface area contributed by atoms with Gasteiger partial charge in [0.2, 0.25) is 5.89 Å². The molecule has 0 atom stereocenters. The maximum atomic E-state index is 11.9. The van der Waals surface area contributed by atoms with Crippen LogP contribution in [0.4, 0.5) is 0 Å². The quantitative estimate of drug-likeness (QED) is 0.524. The monoisotopic (exact) mass is 327 g/mol. The zero-order valence-electron chi connectivity index (χ0n) is 12.3. The summed E-state index contributed by atoms with van der Waals surface area (Å²) in [6.45, 7) is 1.40. The van der Waals surface area contributed by atoms with Gasteiger partial charge in [-0.3, -0.25) is 4.79 Å². The zero-order chi connectivity index (χ0) is 16.2. The minimum absolute atomic E-state index is 0.0566. The average Bonchev–Trinajstić information content (AvgIpc) is 3.23. The second kappa shape index (κ2) is 6.58. The second-order valence-corrected chi connectivity index (χ2v) is 5.86. The Morgan fingerprint density at radius 2 is 1.87 bits per heavy atom. The number of Topliss-reactive ketones (excluding diaryl/α,β-unsaturated/α-hetero) is 1. The van der Waals surface area contributed by atoms with Gasteiger partial charge in [-0.05, 0) is 19.1 Å². The number of rotatable bonds is 5. The Morgan fingerprint density at radius 3 is 2.57 bits per heavy atom. The van der Waals surface area contributed by atoms with E-state index in [1.54, 1.807) is 18.3 Å². The van der Waals surface area contributed by atoms with Gasteiger partial charge in [-0.15, -0.1) is 11.3 Å². The number of ether oxygens (including phenoxy) is 1. The van der Waals surface area contributed by atoms with Gasteiger partial charge in [-0.1, -0.05) is 30.3 Å². The van der Waals surface area contributed by atoms with E-state index < -0.39 is 5.97 Å². The standard InChI is InChI=1S/C17H13NO4S/c1-11(19)14-7-8-15(23-14)17(20)21-10-16-18-9-13(22-16)12-5-3-2-4-6-12/h2-9H,10H2,1H3. The molecular formula is C17H13NO4S. The fraction of sp³-hybridized carbons (Fsp3) is 0.118. The first-order chi connectivity index (χ1) is 11.1. The van der Waals surface area contributed by atoms with Crippen molar-refractivity contribution >= 4 is 23.1 Å². The van der Waals surface area contributed by atoms with Crippen LogP contribution < -0.4 is 0 Å². The van der Waals surface area contributed by atoms with Gasteiger partial charge in [0.05, 0.1) is 11.1 Å². The number of oxazole rings is 1. The van der Waals surface area contributed by atoms with E-state index in [-0.39, 0.29) is 12.4 Å². The molecule has 0 aliphatic carbocycles. The number of ketones is 1. The molecular weight excluding hydrogens is 314 g/mol. The lowest BCUT2D eigenvalue weighted by atomic mass is 10.2. The molecule has 0 spiro atoms. The third kappa shape index (κ3) is 3.54. The molecule has 0 aliphatic heterocycles. The van der Waals surface area contributed by atoms with Crippen molar-refractivity contribution in [2.75, 3.05) is 0 Å². The third-order valence-corrected chi connectivity index (χ3v) is 4.26. The summed E-state index contributed by atoms with van der Waals surface area (Å²) < 4.78 is 10.7. The lowest BCUT2D eigenvalue weighted by Crippen LogP contribution is -2.03. The minimum atomic E-state index is -0.498. The van der Waals surface area contributed by atoms with Gasteiger partial charge in [0.1, 0.15) is 4.88 Å². The molecule has 23 heavy (non-hydrogen) atoms. The van der Waals surface area contributed by atoms with Gasteiger partial charge < -0.3 is 9.15 Å². The fourth-order valence-electron chi connectivity index (χ4n) is 1.95. The predicted octanol–water partition coefficient (Wildman–Crippen LogP) is 3.96. The first kappa shape index (κ1) is 15.2. The Kier molecular flexibility index (Phi) is 4.34. The Morgan fingerprint density at radius 1 is 1.13 bits per heavy atom. The molecule has 3 aromatic rings. The number of esters is 1. The first-order valence-electron chi connectivity index (χ1n) is 6.91. The number of hydrogen-bond donors (Lipinski definition) is 0. The summed E-state index contributed by atoms with van der Waals surface area (Å²) in [4.78, 5) is 28.2. The third-order valence-electron chi connectivity index (χ3n) is 3.09. The highest BCUT2D eigenvalue weighted by atomic mass is 32.1. The van der Waals surface area contributed by atoms with Crippen molar-refractivity contribution in [2.45, 2.75) is 13.5 Å². The molecule has 1 aromatic carbocycles. The molecule has 116 valence electrons. The molecule has 0 unspecified atom stereocenters. The van der Waals surface area contributed by atoms with Crippen LogP contribution in [-0.4, -0.2) is 16.7 Å². The van der Waals surface area contributed by atoms with Crippen LogP contribution >= 0.6 is 11.3 Å². The Balaban J connectivity index is 1.63. The Labute approximate surface area is 136 Å². The fourth-order valence-corrected chi connectivity index (χ4v) is 2.74. The van der Waals surface area contributed by atoms with Crippen molar-refractivity contribution in [2.24, 2.45) is 0 Å². The van der Waals surface area contributed by atoms with Gasteiger partial charge >= 0.3 is 5.97 Å². The van der Waals surface area contributed by atoms with Gasteiger partial charge in [0.25, 0.3) is 0 Å². The average molecular weight is 327 g/mol. The molecule has 2 aromatic heterocycles. The van der Waals surface area contributed by atoms with Crippen LogP contribution in [0.15, 0.2) is 53.1 Å². The van der Waals surface area contributed by atoms with Gasteiger partial charge in [-0.25, -0.2) is 9.78 Å². The maximum Gasteiger partial charge on any atom is 0.348 e. The summed E-state index contributed by atoms with van der Waals surface area (Å²) in [5.41, 5.74) is 0.905.